The molecule has 1 aromatic heterocycles. The highest BCUT2D eigenvalue weighted by Crippen LogP contribution is 2.26. The summed E-state index contributed by atoms with van der Waals surface area (Å²) < 4.78 is 13.5. The van der Waals surface area contributed by atoms with Crippen LogP contribution >= 0.6 is 23.2 Å². The van der Waals surface area contributed by atoms with Gasteiger partial charge in [0.05, 0.1) is 11.4 Å². The Morgan fingerprint density at radius 3 is 2.65 bits per heavy atom. The molecule has 1 heterocycles. The van der Waals surface area contributed by atoms with Crippen LogP contribution in [-0.2, 0) is 0 Å². The van der Waals surface area contributed by atoms with Gasteiger partial charge in [0, 0.05) is 6.07 Å². The molecule has 0 unspecified atom stereocenters. The maximum atomic E-state index is 13.5. The number of hydrogen-bond acceptors (Lipinski definition) is 3. The minimum Gasteiger partial charge on any atom is -0.350 e. The molecule has 0 atom stereocenters. The number of aryl methyl sites for hydroxylation is 1. The Labute approximate surface area is 108 Å². The third-order valence-electron chi connectivity index (χ3n) is 2.11. The quantitative estimate of drug-likeness (QED) is 0.898. The summed E-state index contributed by atoms with van der Waals surface area (Å²) in [6.07, 6.45) is 0. The smallest absolute Gasteiger partial charge is 0.175 e. The molecule has 0 saturated carbocycles. The Kier molecular flexibility index (Phi) is 3.45. The lowest BCUT2D eigenvalue weighted by Gasteiger charge is -2.09. The maximum absolute atomic E-state index is 13.5. The van der Waals surface area contributed by atoms with Gasteiger partial charge in [-0.25, -0.2) is 4.39 Å². The zero-order chi connectivity index (χ0) is 12.4. The van der Waals surface area contributed by atoms with Gasteiger partial charge >= 0.3 is 0 Å². The number of nitrogens with one attached hydrogen (secondary N) is 1. The zero-order valence-electron chi connectivity index (χ0n) is 8.84. The van der Waals surface area contributed by atoms with Crippen molar-refractivity contribution in [3.8, 4) is 0 Å². The van der Waals surface area contributed by atoms with E-state index in [0.717, 1.165) is 5.56 Å². The number of halogens is 3. The first-order valence-electron chi connectivity index (χ1n) is 4.78. The topological polar surface area (TPSA) is 37.8 Å². The number of benzene rings is 1. The Morgan fingerprint density at radius 1 is 1.12 bits per heavy atom. The van der Waals surface area contributed by atoms with Crippen molar-refractivity contribution in [3.05, 3.63) is 46.0 Å². The summed E-state index contributed by atoms with van der Waals surface area (Å²) in [5.41, 5.74) is 1.66. The predicted molar refractivity (Wildman–Crippen MR) is 66.5 cm³/mol. The van der Waals surface area contributed by atoms with Crippen molar-refractivity contribution >= 4 is 34.6 Å². The molecule has 0 aliphatic carbocycles. The fourth-order valence-corrected chi connectivity index (χ4v) is 1.61. The van der Waals surface area contributed by atoms with Gasteiger partial charge in [-0.05, 0) is 24.6 Å². The fraction of sp³-hybridized carbons (Fsp3) is 0.0909. The molecule has 3 nitrogen and oxygen atoms in total. The molecule has 0 aliphatic heterocycles. The summed E-state index contributed by atoms with van der Waals surface area (Å²) in [7, 11) is 0. The highest BCUT2D eigenvalue weighted by atomic mass is 35.5. The summed E-state index contributed by atoms with van der Waals surface area (Å²) in [6.45, 7) is 1.87. The molecular weight excluding hydrogens is 264 g/mol. The summed E-state index contributed by atoms with van der Waals surface area (Å²) in [5.74, 6) is -0.375. The molecule has 0 radical (unpaired) electrons. The van der Waals surface area contributed by atoms with Crippen LogP contribution in [0.3, 0.4) is 0 Å². The average Bonchev–Trinajstić information content (AvgIpc) is 2.28. The third kappa shape index (κ3) is 2.84. The van der Waals surface area contributed by atoms with E-state index >= 15 is 0 Å². The highest BCUT2D eigenvalue weighted by Gasteiger charge is 2.07. The molecule has 2 rings (SSSR count). The predicted octanol–water partition coefficient (Wildman–Crippen LogP) is 3.97. The van der Waals surface area contributed by atoms with Gasteiger partial charge in [0.1, 0.15) is 5.82 Å². The first-order valence-corrected chi connectivity index (χ1v) is 5.54. The molecular formula is C11H8Cl2FN3. The van der Waals surface area contributed by atoms with Crippen LogP contribution < -0.4 is 5.32 Å². The van der Waals surface area contributed by atoms with Crippen molar-refractivity contribution in [2.45, 2.75) is 6.92 Å². The summed E-state index contributed by atoms with van der Waals surface area (Å²) in [6, 6.07) is 6.21. The molecule has 2 aromatic rings. The second-order valence-corrected chi connectivity index (χ2v) is 4.23. The lowest BCUT2D eigenvalue weighted by Crippen LogP contribution is -1.97. The average molecular weight is 272 g/mol. The monoisotopic (exact) mass is 271 g/mol. The van der Waals surface area contributed by atoms with E-state index in [0.29, 0.717) is 11.4 Å². The van der Waals surface area contributed by atoms with Gasteiger partial charge in [-0.1, -0.05) is 29.3 Å². The van der Waals surface area contributed by atoms with Gasteiger partial charge in [0.2, 0.25) is 0 Å². The molecule has 0 fully saturated rings. The van der Waals surface area contributed by atoms with E-state index in [-0.39, 0.29) is 16.1 Å². The van der Waals surface area contributed by atoms with Crippen molar-refractivity contribution < 1.29 is 4.39 Å². The van der Waals surface area contributed by atoms with E-state index in [1.54, 1.807) is 12.1 Å². The van der Waals surface area contributed by atoms with E-state index in [1.165, 1.54) is 12.1 Å². The van der Waals surface area contributed by atoms with Crippen LogP contribution in [-0.4, -0.2) is 10.2 Å². The van der Waals surface area contributed by atoms with Crippen LogP contribution in [0, 0.1) is 12.7 Å². The molecule has 1 aromatic carbocycles. The van der Waals surface area contributed by atoms with E-state index in [2.05, 4.69) is 15.5 Å². The zero-order valence-corrected chi connectivity index (χ0v) is 10.3. The van der Waals surface area contributed by atoms with Crippen LogP contribution in [0.5, 0.6) is 0 Å². The van der Waals surface area contributed by atoms with Crippen LogP contribution in [0.4, 0.5) is 15.8 Å². The summed E-state index contributed by atoms with van der Waals surface area (Å²) in [5, 5.41) is 10.3. The van der Waals surface area contributed by atoms with Crippen molar-refractivity contribution in [2.75, 3.05) is 5.32 Å². The molecule has 0 bridgehead atoms. The number of anilines is 2. The molecule has 0 aliphatic rings. The normalized spacial score (nSPS) is 10.4. The molecule has 0 amide bonds. The summed E-state index contributed by atoms with van der Waals surface area (Å²) >= 11 is 11.5. The third-order valence-corrected chi connectivity index (χ3v) is 2.57. The molecule has 0 saturated heterocycles. The maximum Gasteiger partial charge on any atom is 0.175 e. The van der Waals surface area contributed by atoms with Gasteiger partial charge in [-0.3, -0.25) is 0 Å². The van der Waals surface area contributed by atoms with E-state index in [4.69, 9.17) is 23.2 Å². The van der Waals surface area contributed by atoms with Crippen molar-refractivity contribution in [1.82, 2.24) is 10.2 Å². The molecule has 6 heteroatoms. The van der Waals surface area contributed by atoms with E-state index in [1.807, 2.05) is 6.92 Å². The van der Waals surface area contributed by atoms with Crippen molar-refractivity contribution in [3.63, 3.8) is 0 Å². The number of nitrogens with zero attached hydrogens (tertiary/aromatic N) is 2. The van der Waals surface area contributed by atoms with E-state index < -0.39 is 0 Å². The van der Waals surface area contributed by atoms with Gasteiger partial charge in [-0.15, -0.1) is 10.2 Å². The van der Waals surface area contributed by atoms with E-state index in [9.17, 15) is 4.39 Å². The molecule has 88 valence electrons. The Morgan fingerprint density at radius 2 is 1.88 bits per heavy atom. The number of aromatic nitrogens is 2. The van der Waals surface area contributed by atoms with Gasteiger partial charge in [0.15, 0.2) is 10.3 Å². The van der Waals surface area contributed by atoms with Crippen LogP contribution in [0.2, 0.25) is 10.3 Å². The van der Waals surface area contributed by atoms with Crippen molar-refractivity contribution in [2.24, 2.45) is 0 Å². The Bertz CT molecular complexity index is 511. The van der Waals surface area contributed by atoms with Crippen LogP contribution in [0.1, 0.15) is 5.56 Å². The first-order chi connectivity index (χ1) is 8.06. The number of rotatable bonds is 2. The molecule has 0 spiro atoms. The molecule has 1 N–H and O–H groups in total. The van der Waals surface area contributed by atoms with Crippen molar-refractivity contribution in [1.29, 1.82) is 0 Å². The standard InChI is InChI=1S/C11H8Cl2FN3/c1-6-2-3-7(14)8(4-6)15-9-5-10(12)16-17-11(9)13/h2-5H,1H3,(H,15,16). The minimum absolute atomic E-state index is 0.135. The Hall–Kier alpha value is -1.39. The summed E-state index contributed by atoms with van der Waals surface area (Å²) in [4.78, 5) is 0. The minimum atomic E-state index is -0.375. The van der Waals surface area contributed by atoms with Gasteiger partial charge < -0.3 is 5.32 Å². The van der Waals surface area contributed by atoms with Gasteiger partial charge in [0.25, 0.3) is 0 Å². The SMILES string of the molecule is Cc1ccc(F)c(Nc2cc(Cl)nnc2Cl)c1. The largest absolute Gasteiger partial charge is 0.350 e. The highest BCUT2D eigenvalue weighted by molar-refractivity contribution is 6.33. The second-order valence-electron chi connectivity index (χ2n) is 3.48. The molecule has 17 heavy (non-hydrogen) atoms. The second kappa shape index (κ2) is 4.85. The van der Waals surface area contributed by atoms with Crippen LogP contribution in [0.25, 0.3) is 0 Å². The first kappa shape index (κ1) is 12.1. The van der Waals surface area contributed by atoms with Crippen LogP contribution in [0.15, 0.2) is 24.3 Å². The number of hydrogen-bond donors (Lipinski definition) is 1. The van der Waals surface area contributed by atoms with Gasteiger partial charge in [-0.2, -0.15) is 0 Å². The Balaban J connectivity index is 2.37. The fourth-order valence-electron chi connectivity index (χ4n) is 1.32. The lowest BCUT2D eigenvalue weighted by atomic mass is 10.2. The lowest BCUT2D eigenvalue weighted by molar-refractivity contribution is 0.631.